The fraction of sp³-hybridized carbons (Fsp3) is 0.238. The molecule has 0 bridgehead atoms. The van der Waals surface area contributed by atoms with E-state index in [2.05, 4.69) is 15.0 Å². The molecule has 1 aliphatic heterocycles. The van der Waals surface area contributed by atoms with Gasteiger partial charge in [-0.15, -0.1) is 0 Å². The molecule has 0 saturated heterocycles. The van der Waals surface area contributed by atoms with Crippen LogP contribution in [-0.2, 0) is 16.4 Å². The minimum atomic E-state index is -4.04. The molecule has 2 aromatic carbocycles. The Hall–Kier alpha value is -3.67. The third-order valence-corrected chi connectivity index (χ3v) is 6.20. The first-order valence-corrected chi connectivity index (χ1v) is 11.4. The fourth-order valence-corrected chi connectivity index (χ4v) is 4.36. The quantitative estimate of drug-likeness (QED) is 0.515. The first kappa shape index (κ1) is 22.5. The van der Waals surface area contributed by atoms with Crippen LogP contribution in [0.15, 0.2) is 59.8 Å². The molecule has 12 heteroatoms. The molecule has 0 aliphatic carbocycles. The van der Waals surface area contributed by atoms with E-state index in [-0.39, 0.29) is 34.9 Å². The van der Waals surface area contributed by atoms with Gasteiger partial charge in [0.15, 0.2) is 11.5 Å². The van der Waals surface area contributed by atoms with Gasteiger partial charge in [-0.05, 0) is 24.3 Å². The number of hydrogen-bond donors (Lipinski definition) is 2. The molecule has 174 valence electrons. The van der Waals surface area contributed by atoms with E-state index in [0.717, 1.165) is 6.20 Å². The zero-order valence-electron chi connectivity index (χ0n) is 17.2. The third kappa shape index (κ3) is 5.06. The van der Waals surface area contributed by atoms with Crippen LogP contribution in [0.1, 0.15) is 22.7 Å². The monoisotopic (exact) mass is 478 g/mol. The van der Waals surface area contributed by atoms with Crippen molar-refractivity contribution in [2.45, 2.75) is 17.9 Å². The minimum Gasteiger partial charge on any atom is -0.486 e. The van der Waals surface area contributed by atoms with E-state index in [1.807, 2.05) is 0 Å². The van der Waals surface area contributed by atoms with Crippen LogP contribution in [0.4, 0.5) is 14.5 Å². The maximum Gasteiger partial charge on any atom is 0.319 e. The van der Waals surface area contributed by atoms with E-state index in [0.29, 0.717) is 29.3 Å². The van der Waals surface area contributed by atoms with E-state index in [1.165, 1.54) is 36.5 Å². The van der Waals surface area contributed by atoms with Crippen LogP contribution in [0.3, 0.4) is 0 Å². The van der Waals surface area contributed by atoms with Crippen molar-refractivity contribution in [2.24, 2.45) is 0 Å². The van der Waals surface area contributed by atoms with Gasteiger partial charge in [0.25, 0.3) is 15.9 Å². The lowest BCUT2D eigenvalue weighted by atomic mass is 10.1. The summed E-state index contributed by atoms with van der Waals surface area (Å²) in [6.07, 6.45) is 2.49. The fourth-order valence-electron chi connectivity index (χ4n) is 3.26. The highest BCUT2D eigenvalue weighted by Crippen LogP contribution is 2.33. The van der Waals surface area contributed by atoms with Crippen molar-refractivity contribution in [1.82, 2.24) is 14.9 Å². The molecule has 0 fully saturated rings. The predicted octanol–water partition coefficient (Wildman–Crippen LogP) is 2.82. The summed E-state index contributed by atoms with van der Waals surface area (Å²) in [5, 5.41) is 2.60. The molecule has 2 N–H and O–H groups in total. The van der Waals surface area contributed by atoms with Crippen LogP contribution in [0.25, 0.3) is 0 Å². The summed E-state index contributed by atoms with van der Waals surface area (Å²) in [7, 11) is -4.04. The summed E-state index contributed by atoms with van der Waals surface area (Å²) in [4.78, 5) is 16.5. The van der Waals surface area contributed by atoms with Gasteiger partial charge in [0.1, 0.15) is 19.0 Å². The SMILES string of the molecule is O=C(NCCc1nccn1C(F)F)c1ccccc1NS(=O)(=O)c1ccc2c(c1)OCCO2. The predicted molar refractivity (Wildman–Crippen MR) is 114 cm³/mol. The van der Waals surface area contributed by atoms with Crippen molar-refractivity contribution in [1.29, 1.82) is 0 Å². The highest BCUT2D eigenvalue weighted by molar-refractivity contribution is 7.92. The molecule has 1 amide bonds. The highest BCUT2D eigenvalue weighted by atomic mass is 32.2. The molecule has 1 aromatic heterocycles. The number of alkyl halides is 2. The second-order valence-electron chi connectivity index (χ2n) is 6.99. The lowest BCUT2D eigenvalue weighted by Crippen LogP contribution is -2.28. The number of para-hydroxylation sites is 1. The molecular weight excluding hydrogens is 458 g/mol. The minimum absolute atomic E-state index is 0.0335. The second kappa shape index (κ2) is 9.45. The highest BCUT2D eigenvalue weighted by Gasteiger charge is 2.22. The number of carbonyl (C=O) groups is 1. The van der Waals surface area contributed by atoms with Crippen LogP contribution >= 0.6 is 0 Å². The van der Waals surface area contributed by atoms with Crippen molar-refractivity contribution in [3.05, 3.63) is 66.2 Å². The Morgan fingerprint density at radius 1 is 1.12 bits per heavy atom. The summed E-state index contributed by atoms with van der Waals surface area (Å²) >= 11 is 0. The first-order chi connectivity index (χ1) is 15.8. The molecule has 1 aliphatic rings. The van der Waals surface area contributed by atoms with Gasteiger partial charge in [-0.1, -0.05) is 12.1 Å². The van der Waals surface area contributed by atoms with E-state index in [4.69, 9.17) is 9.47 Å². The molecule has 3 aromatic rings. The average Bonchev–Trinajstić information content (AvgIpc) is 3.28. The molecule has 0 unspecified atom stereocenters. The number of hydrogen-bond acceptors (Lipinski definition) is 6. The number of sulfonamides is 1. The second-order valence-corrected chi connectivity index (χ2v) is 8.67. The summed E-state index contributed by atoms with van der Waals surface area (Å²) in [6.45, 7) is -2.01. The van der Waals surface area contributed by atoms with Crippen LogP contribution in [0.2, 0.25) is 0 Å². The van der Waals surface area contributed by atoms with Gasteiger partial charge >= 0.3 is 6.55 Å². The summed E-state index contributed by atoms with van der Waals surface area (Å²) < 4.78 is 65.6. The molecule has 4 rings (SSSR count). The number of amides is 1. The van der Waals surface area contributed by atoms with Crippen LogP contribution < -0.4 is 19.5 Å². The van der Waals surface area contributed by atoms with E-state index >= 15 is 0 Å². The largest absolute Gasteiger partial charge is 0.486 e. The van der Waals surface area contributed by atoms with Crippen molar-refractivity contribution in [3.8, 4) is 11.5 Å². The Labute approximate surface area is 188 Å². The third-order valence-electron chi connectivity index (χ3n) is 4.83. The van der Waals surface area contributed by atoms with Gasteiger partial charge in [0.05, 0.1) is 16.1 Å². The molecule has 9 nitrogen and oxygen atoms in total. The number of imidazole rings is 1. The molecule has 0 atom stereocenters. The van der Waals surface area contributed by atoms with E-state index in [9.17, 15) is 22.0 Å². The van der Waals surface area contributed by atoms with Gasteiger partial charge in [0.2, 0.25) is 0 Å². The lowest BCUT2D eigenvalue weighted by molar-refractivity contribution is 0.0670. The molecule has 2 heterocycles. The Bertz CT molecular complexity index is 1260. The Morgan fingerprint density at radius 2 is 1.88 bits per heavy atom. The molecule has 0 radical (unpaired) electrons. The number of fused-ring (bicyclic) bond motifs is 1. The van der Waals surface area contributed by atoms with Crippen molar-refractivity contribution in [3.63, 3.8) is 0 Å². The standard InChI is InChI=1S/C21H20F2N4O5S/c22-21(23)27-10-9-24-19(27)7-8-25-20(28)15-3-1-2-4-16(15)26-33(29,30)14-5-6-17-18(13-14)32-12-11-31-17/h1-6,9-10,13,21,26H,7-8,11-12H2,(H,25,28). The van der Waals surface area contributed by atoms with E-state index in [1.54, 1.807) is 12.1 Å². The van der Waals surface area contributed by atoms with E-state index < -0.39 is 22.5 Å². The van der Waals surface area contributed by atoms with Gasteiger partial charge in [-0.25, -0.2) is 13.4 Å². The summed E-state index contributed by atoms with van der Waals surface area (Å²) in [5.41, 5.74) is 0.148. The van der Waals surface area contributed by atoms with Gasteiger partial charge in [-0.2, -0.15) is 8.78 Å². The number of ether oxygens (including phenoxy) is 2. The smallest absolute Gasteiger partial charge is 0.319 e. The summed E-state index contributed by atoms with van der Waals surface area (Å²) in [5.74, 6) is 0.327. The number of nitrogens with zero attached hydrogens (tertiary/aromatic N) is 2. The zero-order valence-corrected chi connectivity index (χ0v) is 18.0. The normalized spacial score (nSPS) is 13.1. The van der Waals surface area contributed by atoms with Gasteiger partial charge in [0, 0.05) is 31.4 Å². The molecule has 0 spiro atoms. The maximum absolute atomic E-state index is 12.9. The number of carbonyl (C=O) groups excluding carboxylic acids is 1. The number of aromatic nitrogens is 2. The first-order valence-electron chi connectivity index (χ1n) is 9.95. The number of benzene rings is 2. The maximum atomic E-state index is 12.9. The van der Waals surface area contributed by atoms with Gasteiger partial charge < -0.3 is 14.8 Å². The zero-order chi connectivity index (χ0) is 23.4. The van der Waals surface area contributed by atoms with Crippen LogP contribution in [0, 0.1) is 0 Å². The number of anilines is 1. The Balaban J connectivity index is 1.46. The molecular formula is C21H20F2N4O5S. The van der Waals surface area contributed by atoms with Crippen LogP contribution in [0.5, 0.6) is 11.5 Å². The number of rotatable bonds is 8. The van der Waals surface area contributed by atoms with Crippen molar-refractivity contribution in [2.75, 3.05) is 24.5 Å². The summed E-state index contributed by atoms with van der Waals surface area (Å²) in [6, 6.07) is 10.3. The van der Waals surface area contributed by atoms with Crippen molar-refractivity contribution < 1.29 is 31.5 Å². The Kier molecular flexibility index (Phi) is 6.45. The number of nitrogens with one attached hydrogen (secondary N) is 2. The topological polar surface area (TPSA) is 112 Å². The van der Waals surface area contributed by atoms with Crippen LogP contribution in [-0.4, -0.2) is 43.6 Å². The Morgan fingerprint density at radius 3 is 2.67 bits per heavy atom. The molecule has 0 saturated carbocycles. The number of halogens is 2. The van der Waals surface area contributed by atoms with Crippen molar-refractivity contribution >= 4 is 21.6 Å². The van der Waals surface area contributed by atoms with Gasteiger partial charge in [-0.3, -0.25) is 14.1 Å². The lowest BCUT2D eigenvalue weighted by Gasteiger charge is -2.19. The molecule has 33 heavy (non-hydrogen) atoms. The average molecular weight is 478 g/mol.